The third-order valence-electron chi connectivity index (χ3n) is 5.05. The summed E-state index contributed by atoms with van der Waals surface area (Å²) < 4.78 is 40.2. The van der Waals surface area contributed by atoms with Gasteiger partial charge in [-0.25, -0.2) is 12.8 Å². The summed E-state index contributed by atoms with van der Waals surface area (Å²) in [5.41, 5.74) is 0.923. The van der Waals surface area contributed by atoms with Gasteiger partial charge in [0, 0.05) is 25.6 Å². The first-order valence-electron chi connectivity index (χ1n) is 9.43. The fourth-order valence-corrected chi connectivity index (χ4v) is 5.06. The van der Waals surface area contributed by atoms with Crippen molar-refractivity contribution in [2.75, 3.05) is 19.6 Å². The Morgan fingerprint density at radius 1 is 1.17 bits per heavy atom. The van der Waals surface area contributed by atoms with E-state index >= 15 is 0 Å². The number of benzene rings is 2. The number of carbonyl (C=O) groups is 1. The molecule has 0 atom stereocenters. The number of carbonyl (C=O) groups excluding carboxylic acids is 1. The summed E-state index contributed by atoms with van der Waals surface area (Å²) in [4.78, 5) is 12.4. The highest BCUT2D eigenvalue weighted by atomic mass is 32.2. The molecule has 0 bridgehead atoms. The molecule has 0 spiro atoms. The Balaban J connectivity index is 1.53. The largest absolute Gasteiger partial charge is 0.356 e. The summed E-state index contributed by atoms with van der Waals surface area (Å²) in [6.07, 6.45) is 1.36. The second-order valence-electron chi connectivity index (χ2n) is 6.96. The Kier molecular flexibility index (Phi) is 6.62. The van der Waals surface area contributed by atoms with Crippen molar-refractivity contribution in [2.45, 2.75) is 24.2 Å². The van der Waals surface area contributed by atoms with Gasteiger partial charge in [-0.05, 0) is 49.1 Å². The molecule has 152 valence electrons. The van der Waals surface area contributed by atoms with Crippen molar-refractivity contribution in [3.05, 3.63) is 65.5 Å². The van der Waals surface area contributed by atoms with Crippen molar-refractivity contribution in [3.8, 4) is 6.07 Å². The van der Waals surface area contributed by atoms with Crippen LogP contribution in [0.3, 0.4) is 0 Å². The number of halogens is 1. The van der Waals surface area contributed by atoms with Gasteiger partial charge in [0.2, 0.25) is 15.9 Å². The molecule has 1 amide bonds. The average Bonchev–Trinajstić information content (AvgIpc) is 2.73. The molecule has 1 fully saturated rings. The number of nitriles is 1. The van der Waals surface area contributed by atoms with Gasteiger partial charge >= 0.3 is 0 Å². The fourth-order valence-electron chi connectivity index (χ4n) is 3.45. The van der Waals surface area contributed by atoms with Gasteiger partial charge in [-0.2, -0.15) is 9.57 Å². The zero-order valence-corrected chi connectivity index (χ0v) is 16.7. The molecular formula is C21H22FN3O3S. The molecule has 0 unspecified atom stereocenters. The molecule has 1 heterocycles. The van der Waals surface area contributed by atoms with E-state index in [1.54, 1.807) is 24.3 Å². The van der Waals surface area contributed by atoms with E-state index < -0.39 is 10.0 Å². The summed E-state index contributed by atoms with van der Waals surface area (Å²) in [5.74, 6) is -0.684. The third-order valence-corrected chi connectivity index (χ3v) is 7.01. The first-order chi connectivity index (χ1) is 13.9. The van der Waals surface area contributed by atoms with E-state index in [2.05, 4.69) is 5.32 Å². The van der Waals surface area contributed by atoms with Crippen molar-refractivity contribution in [3.63, 3.8) is 0 Å². The maximum atomic E-state index is 13.2. The van der Waals surface area contributed by atoms with Crippen LogP contribution in [0.4, 0.5) is 4.39 Å². The van der Waals surface area contributed by atoms with Crippen LogP contribution in [-0.2, 0) is 21.2 Å². The van der Waals surface area contributed by atoms with E-state index in [-0.39, 0.29) is 41.2 Å². The van der Waals surface area contributed by atoms with Gasteiger partial charge in [0.05, 0.1) is 10.5 Å². The van der Waals surface area contributed by atoms with Crippen LogP contribution in [0.15, 0.2) is 53.4 Å². The summed E-state index contributed by atoms with van der Waals surface area (Å²) >= 11 is 0. The lowest BCUT2D eigenvalue weighted by Crippen LogP contribution is -2.43. The number of nitrogens with one attached hydrogen (secondary N) is 1. The Bertz CT molecular complexity index is 1030. The highest BCUT2D eigenvalue weighted by Crippen LogP contribution is 2.25. The summed E-state index contributed by atoms with van der Waals surface area (Å²) in [5, 5.41) is 12.0. The minimum absolute atomic E-state index is 0.000458. The van der Waals surface area contributed by atoms with E-state index in [1.165, 1.54) is 28.6 Å². The van der Waals surface area contributed by atoms with E-state index in [1.807, 2.05) is 6.07 Å². The zero-order valence-electron chi connectivity index (χ0n) is 15.8. The average molecular weight is 415 g/mol. The van der Waals surface area contributed by atoms with Crippen molar-refractivity contribution >= 4 is 15.9 Å². The summed E-state index contributed by atoms with van der Waals surface area (Å²) in [6, 6.07) is 14.3. The van der Waals surface area contributed by atoms with E-state index in [0.717, 1.165) is 5.56 Å². The van der Waals surface area contributed by atoms with Gasteiger partial charge < -0.3 is 5.32 Å². The number of hydrogen-bond donors (Lipinski definition) is 1. The molecule has 29 heavy (non-hydrogen) atoms. The first-order valence-corrected chi connectivity index (χ1v) is 10.9. The van der Waals surface area contributed by atoms with Crippen LogP contribution in [0.5, 0.6) is 0 Å². The molecule has 0 saturated carbocycles. The molecule has 1 N–H and O–H groups in total. The molecular weight excluding hydrogens is 393 g/mol. The van der Waals surface area contributed by atoms with Crippen LogP contribution >= 0.6 is 0 Å². The van der Waals surface area contributed by atoms with Crippen molar-refractivity contribution in [1.29, 1.82) is 5.26 Å². The number of rotatable bonds is 6. The standard InChI is InChI=1S/C21H22FN3O3S/c22-19-6-3-4-16(14-19)8-11-24-21(26)17-9-12-25(13-10-17)29(27,28)20-7-2-1-5-18(20)15-23/h1-7,14,17H,8-13H2,(H,24,26). The van der Waals surface area contributed by atoms with Crippen LogP contribution in [0, 0.1) is 23.1 Å². The lowest BCUT2D eigenvalue weighted by Gasteiger charge is -2.30. The second kappa shape index (κ2) is 9.16. The number of nitrogens with zero attached hydrogens (tertiary/aromatic N) is 2. The maximum Gasteiger partial charge on any atom is 0.244 e. The lowest BCUT2D eigenvalue weighted by atomic mass is 9.97. The van der Waals surface area contributed by atoms with Gasteiger partial charge in [0.15, 0.2) is 0 Å². The molecule has 2 aromatic rings. The lowest BCUT2D eigenvalue weighted by molar-refractivity contribution is -0.126. The Hall–Kier alpha value is -2.76. The van der Waals surface area contributed by atoms with Crippen LogP contribution < -0.4 is 5.32 Å². The molecule has 8 heteroatoms. The van der Waals surface area contributed by atoms with Gasteiger partial charge in [-0.1, -0.05) is 24.3 Å². The van der Waals surface area contributed by atoms with Crippen molar-refractivity contribution in [1.82, 2.24) is 9.62 Å². The quantitative estimate of drug-likeness (QED) is 0.785. The van der Waals surface area contributed by atoms with Crippen molar-refractivity contribution < 1.29 is 17.6 Å². The highest BCUT2D eigenvalue weighted by molar-refractivity contribution is 7.89. The molecule has 3 rings (SSSR count). The maximum absolute atomic E-state index is 13.2. The molecule has 0 radical (unpaired) electrons. The Labute approximate surface area is 170 Å². The normalized spacial score (nSPS) is 15.6. The first kappa shape index (κ1) is 21.0. The monoisotopic (exact) mass is 415 g/mol. The number of hydrogen-bond acceptors (Lipinski definition) is 4. The van der Waals surface area contributed by atoms with Crippen LogP contribution in [0.2, 0.25) is 0 Å². The predicted octanol–water partition coefficient (Wildman–Crippen LogP) is 2.46. The molecule has 1 aliphatic heterocycles. The summed E-state index contributed by atoms with van der Waals surface area (Å²) in [7, 11) is -3.77. The van der Waals surface area contributed by atoms with Gasteiger partial charge in [-0.15, -0.1) is 0 Å². The highest BCUT2D eigenvalue weighted by Gasteiger charge is 2.33. The van der Waals surface area contributed by atoms with E-state index in [4.69, 9.17) is 5.26 Å². The number of amides is 1. The number of sulfonamides is 1. The Morgan fingerprint density at radius 2 is 1.90 bits per heavy atom. The molecule has 0 aliphatic carbocycles. The fraction of sp³-hybridized carbons (Fsp3) is 0.333. The molecule has 1 aliphatic rings. The molecule has 1 saturated heterocycles. The van der Waals surface area contributed by atoms with Gasteiger partial charge in [0.25, 0.3) is 0 Å². The SMILES string of the molecule is N#Cc1ccccc1S(=O)(=O)N1CCC(C(=O)NCCc2cccc(F)c2)CC1. The topological polar surface area (TPSA) is 90.3 Å². The molecule has 6 nitrogen and oxygen atoms in total. The Morgan fingerprint density at radius 3 is 2.59 bits per heavy atom. The minimum atomic E-state index is -3.77. The van der Waals surface area contributed by atoms with E-state index in [9.17, 15) is 17.6 Å². The van der Waals surface area contributed by atoms with E-state index in [0.29, 0.717) is 25.8 Å². The summed E-state index contributed by atoms with van der Waals surface area (Å²) in [6.45, 7) is 0.852. The van der Waals surface area contributed by atoms with Crippen LogP contribution in [0.25, 0.3) is 0 Å². The smallest absolute Gasteiger partial charge is 0.244 e. The second-order valence-corrected chi connectivity index (χ2v) is 8.86. The van der Waals surface area contributed by atoms with Gasteiger partial charge in [-0.3, -0.25) is 4.79 Å². The van der Waals surface area contributed by atoms with Crippen LogP contribution in [0.1, 0.15) is 24.0 Å². The van der Waals surface area contributed by atoms with Crippen LogP contribution in [-0.4, -0.2) is 38.3 Å². The molecule has 0 aromatic heterocycles. The molecule has 2 aromatic carbocycles. The zero-order chi connectivity index (χ0) is 20.9. The predicted molar refractivity (Wildman–Crippen MR) is 106 cm³/mol. The minimum Gasteiger partial charge on any atom is -0.356 e. The van der Waals surface area contributed by atoms with Crippen molar-refractivity contribution in [2.24, 2.45) is 5.92 Å². The van der Waals surface area contributed by atoms with Gasteiger partial charge in [0.1, 0.15) is 11.9 Å². The number of piperidine rings is 1. The third kappa shape index (κ3) is 5.00.